The molecule has 1 aliphatic rings. The topological polar surface area (TPSA) is 51.2 Å². The third kappa shape index (κ3) is 4.33. The zero-order chi connectivity index (χ0) is 11.5. The summed E-state index contributed by atoms with van der Waals surface area (Å²) in [6.07, 6.45) is 3.04. The van der Waals surface area contributed by atoms with Crippen LogP contribution in [0.4, 0.5) is 0 Å². The zero-order valence-corrected chi connectivity index (χ0v) is 10.3. The van der Waals surface area contributed by atoms with Crippen LogP contribution in [-0.2, 0) is 14.6 Å². The molecular weight excluding hydrogens is 212 g/mol. The van der Waals surface area contributed by atoms with Crippen LogP contribution in [0.2, 0.25) is 0 Å². The first-order chi connectivity index (χ1) is 6.91. The minimum atomic E-state index is -2.90. The molecule has 0 radical (unpaired) electrons. The number of sulfone groups is 1. The number of hydrogen-bond donors (Lipinski definition) is 0. The van der Waals surface area contributed by atoms with Crippen LogP contribution in [0.3, 0.4) is 0 Å². The van der Waals surface area contributed by atoms with E-state index in [1.807, 2.05) is 0 Å². The van der Waals surface area contributed by atoms with Gasteiger partial charge in [-0.05, 0) is 18.8 Å². The van der Waals surface area contributed by atoms with E-state index >= 15 is 0 Å². The molecule has 0 spiro atoms. The standard InChI is InChI=1S/C11H20O3S/c1-9(2)4-3-5-11(12)10-6-7-15(13,14)8-10/h9-10H,3-8H2,1-2H3. The zero-order valence-electron chi connectivity index (χ0n) is 9.53. The highest BCUT2D eigenvalue weighted by Crippen LogP contribution is 2.21. The number of carbonyl (C=O) groups excluding carboxylic acids is 1. The van der Waals surface area contributed by atoms with Gasteiger partial charge in [0.1, 0.15) is 5.78 Å². The summed E-state index contributed by atoms with van der Waals surface area (Å²) in [5, 5.41) is 0. The third-order valence-electron chi connectivity index (χ3n) is 2.89. The lowest BCUT2D eigenvalue weighted by molar-refractivity contribution is -0.122. The minimum Gasteiger partial charge on any atom is -0.299 e. The molecule has 3 nitrogen and oxygen atoms in total. The highest BCUT2D eigenvalue weighted by Gasteiger charge is 2.32. The predicted octanol–water partition coefficient (Wildman–Crippen LogP) is 1.82. The lowest BCUT2D eigenvalue weighted by Crippen LogP contribution is -2.15. The molecule has 1 aliphatic heterocycles. The second-order valence-corrected chi connectivity index (χ2v) is 7.08. The van der Waals surface area contributed by atoms with Gasteiger partial charge in [-0.1, -0.05) is 20.3 Å². The molecule has 1 saturated heterocycles. The molecule has 1 unspecified atom stereocenters. The van der Waals surface area contributed by atoms with E-state index in [1.165, 1.54) is 0 Å². The number of ketones is 1. The first-order valence-electron chi connectivity index (χ1n) is 5.64. The van der Waals surface area contributed by atoms with Gasteiger partial charge in [-0.3, -0.25) is 4.79 Å². The third-order valence-corrected chi connectivity index (χ3v) is 4.66. The van der Waals surface area contributed by atoms with E-state index in [0.717, 1.165) is 12.8 Å². The van der Waals surface area contributed by atoms with Crippen LogP contribution in [-0.4, -0.2) is 25.7 Å². The minimum absolute atomic E-state index is 0.0908. The van der Waals surface area contributed by atoms with E-state index < -0.39 is 9.84 Å². The van der Waals surface area contributed by atoms with Crippen molar-refractivity contribution in [2.75, 3.05) is 11.5 Å². The number of hydrogen-bond acceptors (Lipinski definition) is 3. The number of Topliss-reactive ketones (excluding diaryl/α,β-unsaturated/α-hetero) is 1. The average molecular weight is 232 g/mol. The van der Waals surface area contributed by atoms with Crippen LogP contribution in [0.1, 0.15) is 39.5 Å². The van der Waals surface area contributed by atoms with Gasteiger partial charge >= 0.3 is 0 Å². The molecule has 0 aromatic carbocycles. The molecule has 1 heterocycles. The van der Waals surface area contributed by atoms with Crippen LogP contribution in [0, 0.1) is 11.8 Å². The Labute approximate surface area is 92.2 Å². The Morgan fingerprint density at radius 2 is 2.07 bits per heavy atom. The van der Waals surface area contributed by atoms with Crippen molar-refractivity contribution in [3.63, 3.8) is 0 Å². The molecule has 0 aromatic rings. The fraction of sp³-hybridized carbons (Fsp3) is 0.909. The van der Waals surface area contributed by atoms with Gasteiger partial charge in [0.2, 0.25) is 0 Å². The molecule has 4 heteroatoms. The maximum absolute atomic E-state index is 11.7. The first-order valence-corrected chi connectivity index (χ1v) is 7.46. The fourth-order valence-corrected chi connectivity index (χ4v) is 3.71. The van der Waals surface area contributed by atoms with Crippen molar-refractivity contribution in [2.24, 2.45) is 11.8 Å². The largest absolute Gasteiger partial charge is 0.299 e. The van der Waals surface area contributed by atoms with Crippen molar-refractivity contribution in [1.82, 2.24) is 0 Å². The van der Waals surface area contributed by atoms with E-state index in [4.69, 9.17) is 0 Å². The molecule has 0 amide bonds. The smallest absolute Gasteiger partial charge is 0.151 e. The summed E-state index contributed by atoms with van der Waals surface area (Å²) in [5.41, 5.74) is 0. The maximum Gasteiger partial charge on any atom is 0.151 e. The van der Waals surface area contributed by atoms with E-state index in [-0.39, 0.29) is 23.2 Å². The Kier molecular flexibility index (Phi) is 4.32. The van der Waals surface area contributed by atoms with E-state index in [9.17, 15) is 13.2 Å². The van der Waals surface area contributed by atoms with Crippen molar-refractivity contribution in [1.29, 1.82) is 0 Å². The second kappa shape index (κ2) is 5.10. The second-order valence-electron chi connectivity index (χ2n) is 4.85. The van der Waals surface area contributed by atoms with Gasteiger partial charge in [-0.25, -0.2) is 8.42 Å². The lowest BCUT2D eigenvalue weighted by Gasteiger charge is -2.07. The van der Waals surface area contributed by atoms with Crippen molar-refractivity contribution in [2.45, 2.75) is 39.5 Å². The van der Waals surface area contributed by atoms with Gasteiger partial charge in [0.15, 0.2) is 9.84 Å². The summed E-state index contributed by atoms with van der Waals surface area (Å²) in [4.78, 5) is 11.7. The van der Waals surface area contributed by atoms with Crippen molar-refractivity contribution >= 4 is 15.6 Å². The summed E-state index contributed by atoms with van der Waals surface area (Å²) in [7, 11) is -2.90. The van der Waals surface area contributed by atoms with Gasteiger partial charge in [-0.15, -0.1) is 0 Å². The fourth-order valence-electron chi connectivity index (χ4n) is 1.94. The average Bonchev–Trinajstić information content (AvgIpc) is 2.45. The molecule has 15 heavy (non-hydrogen) atoms. The molecule has 1 rings (SSSR count). The molecule has 0 aromatic heterocycles. The normalized spacial score (nSPS) is 24.6. The summed E-state index contributed by atoms with van der Waals surface area (Å²) >= 11 is 0. The van der Waals surface area contributed by atoms with Crippen LogP contribution in [0.25, 0.3) is 0 Å². The van der Waals surface area contributed by atoms with Crippen molar-refractivity contribution in [3.05, 3.63) is 0 Å². The maximum atomic E-state index is 11.7. The van der Waals surface area contributed by atoms with Gasteiger partial charge in [0, 0.05) is 12.3 Å². The number of carbonyl (C=O) groups is 1. The molecule has 88 valence electrons. The van der Waals surface area contributed by atoms with E-state index in [2.05, 4.69) is 13.8 Å². The number of rotatable bonds is 5. The Morgan fingerprint density at radius 3 is 2.53 bits per heavy atom. The van der Waals surface area contributed by atoms with E-state index in [1.54, 1.807) is 0 Å². The SMILES string of the molecule is CC(C)CCCC(=O)C1CCS(=O)(=O)C1. The summed E-state index contributed by atoms with van der Waals surface area (Å²) in [6, 6.07) is 0. The van der Waals surface area contributed by atoms with Gasteiger partial charge in [-0.2, -0.15) is 0 Å². The molecule has 0 saturated carbocycles. The highest BCUT2D eigenvalue weighted by atomic mass is 32.2. The Morgan fingerprint density at radius 1 is 1.40 bits per heavy atom. The highest BCUT2D eigenvalue weighted by molar-refractivity contribution is 7.91. The molecular formula is C11H20O3S. The molecule has 1 fully saturated rings. The Balaban J connectivity index is 2.30. The van der Waals surface area contributed by atoms with Gasteiger partial charge in [0.25, 0.3) is 0 Å². The van der Waals surface area contributed by atoms with Gasteiger partial charge in [0.05, 0.1) is 11.5 Å². The molecule has 0 aliphatic carbocycles. The molecule has 0 bridgehead atoms. The predicted molar refractivity (Wildman–Crippen MR) is 60.5 cm³/mol. The van der Waals surface area contributed by atoms with Gasteiger partial charge < -0.3 is 0 Å². The van der Waals surface area contributed by atoms with Crippen LogP contribution >= 0.6 is 0 Å². The Bertz CT molecular complexity index is 317. The van der Waals surface area contributed by atoms with Crippen LogP contribution < -0.4 is 0 Å². The molecule has 1 atom stereocenters. The summed E-state index contributed by atoms with van der Waals surface area (Å²) in [6.45, 7) is 4.26. The van der Waals surface area contributed by atoms with Crippen LogP contribution in [0.5, 0.6) is 0 Å². The summed E-state index contributed by atoms with van der Waals surface area (Å²) < 4.78 is 22.4. The van der Waals surface area contributed by atoms with Crippen molar-refractivity contribution < 1.29 is 13.2 Å². The lowest BCUT2D eigenvalue weighted by atomic mass is 9.97. The molecule has 0 N–H and O–H groups in total. The quantitative estimate of drug-likeness (QED) is 0.726. The Hall–Kier alpha value is -0.380. The monoisotopic (exact) mass is 232 g/mol. The summed E-state index contributed by atoms with van der Waals surface area (Å²) in [5.74, 6) is 0.852. The van der Waals surface area contributed by atoms with Crippen molar-refractivity contribution in [3.8, 4) is 0 Å². The first kappa shape index (κ1) is 12.7. The van der Waals surface area contributed by atoms with Crippen LogP contribution in [0.15, 0.2) is 0 Å². The van der Waals surface area contributed by atoms with E-state index in [0.29, 0.717) is 18.8 Å².